The molecule has 0 unspecified atom stereocenters. The lowest BCUT2D eigenvalue weighted by Gasteiger charge is -2.11. The number of allylic oxidation sites excluding steroid dienone is 1. The van der Waals surface area contributed by atoms with Crippen LogP contribution in [0.4, 0.5) is 0 Å². The Morgan fingerprint density at radius 3 is 2.61 bits per heavy atom. The summed E-state index contributed by atoms with van der Waals surface area (Å²) in [5, 5.41) is 8.74. The molecule has 0 atom stereocenters. The van der Waals surface area contributed by atoms with Gasteiger partial charge in [-0.1, -0.05) is 24.3 Å². The minimum Gasteiger partial charge on any atom is -0.492 e. The molecule has 28 heavy (non-hydrogen) atoms. The van der Waals surface area contributed by atoms with E-state index in [2.05, 4.69) is 0 Å². The van der Waals surface area contributed by atoms with Crippen molar-refractivity contribution in [3.63, 3.8) is 0 Å². The Labute approximate surface area is 163 Å². The van der Waals surface area contributed by atoms with Gasteiger partial charge in [0.1, 0.15) is 12.4 Å². The van der Waals surface area contributed by atoms with Crippen LogP contribution in [0.3, 0.4) is 0 Å². The molecule has 0 aliphatic heterocycles. The maximum Gasteiger partial charge on any atom is 0.341 e. The first-order chi connectivity index (χ1) is 13.5. The molecule has 0 saturated carbocycles. The first-order valence-electron chi connectivity index (χ1n) is 8.80. The van der Waals surface area contributed by atoms with Crippen molar-refractivity contribution >= 4 is 17.8 Å². The number of carboxylic acids is 1. The smallest absolute Gasteiger partial charge is 0.341 e. The molecule has 148 valence electrons. The molecule has 0 spiro atoms. The molecule has 2 aromatic rings. The van der Waals surface area contributed by atoms with E-state index in [9.17, 15) is 9.59 Å². The Bertz CT molecular complexity index is 847. The van der Waals surface area contributed by atoms with Crippen molar-refractivity contribution < 1.29 is 28.9 Å². The number of carboxylic acid groups (broad SMARTS) is 1. The van der Waals surface area contributed by atoms with Gasteiger partial charge in [0.25, 0.3) is 0 Å². The van der Waals surface area contributed by atoms with Crippen LogP contribution in [0.2, 0.25) is 0 Å². The van der Waals surface area contributed by atoms with Crippen molar-refractivity contribution in [1.82, 2.24) is 0 Å². The van der Waals surface area contributed by atoms with Gasteiger partial charge in [-0.25, -0.2) is 4.79 Å². The average molecular weight is 385 g/mol. The number of carbonyl (C=O) groups excluding carboxylic acids is 1. The predicted molar refractivity (Wildman–Crippen MR) is 105 cm³/mol. The second-order valence-corrected chi connectivity index (χ2v) is 5.68. The lowest BCUT2D eigenvalue weighted by Crippen LogP contribution is -2.10. The summed E-state index contributed by atoms with van der Waals surface area (Å²) in [6.07, 6.45) is 3.10. The van der Waals surface area contributed by atoms with Crippen molar-refractivity contribution in [3.8, 4) is 17.2 Å². The van der Waals surface area contributed by atoms with Gasteiger partial charge in [0.15, 0.2) is 23.9 Å². The quantitative estimate of drug-likeness (QED) is 0.452. The average Bonchev–Trinajstić information content (AvgIpc) is 2.70. The van der Waals surface area contributed by atoms with E-state index in [1.807, 2.05) is 6.92 Å². The molecule has 2 aromatic carbocycles. The SMILES string of the molecule is CCOc1cc(C=CC(=O)c2cccc(OCCN)c2)ccc1OCC(=O)O. The zero-order chi connectivity index (χ0) is 20.4. The molecule has 7 nitrogen and oxygen atoms in total. The molecule has 0 aliphatic rings. The summed E-state index contributed by atoms with van der Waals surface area (Å²) in [7, 11) is 0. The van der Waals surface area contributed by atoms with Gasteiger partial charge in [-0.05, 0) is 42.8 Å². The topological polar surface area (TPSA) is 108 Å². The van der Waals surface area contributed by atoms with Crippen LogP contribution in [0.15, 0.2) is 48.5 Å². The van der Waals surface area contributed by atoms with E-state index in [-0.39, 0.29) is 5.78 Å². The number of hydrogen-bond donors (Lipinski definition) is 2. The van der Waals surface area contributed by atoms with Crippen LogP contribution in [-0.4, -0.2) is 43.2 Å². The third-order valence-corrected chi connectivity index (χ3v) is 3.55. The first kappa shape index (κ1) is 21.0. The van der Waals surface area contributed by atoms with Crippen molar-refractivity contribution in [2.75, 3.05) is 26.4 Å². The summed E-state index contributed by atoms with van der Waals surface area (Å²) in [6.45, 7) is 2.52. The lowest BCUT2D eigenvalue weighted by molar-refractivity contribution is -0.139. The monoisotopic (exact) mass is 385 g/mol. The molecule has 3 N–H and O–H groups in total. The third kappa shape index (κ3) is 6.44. The normalized spacial score (nSPS) is 10.6. The lowest BCUT2D eigenvalue weighted by atomic mass is 10.1. The Morgan fingerprint density at radius 2 is 1.89 bits per heavy atom. The van der Waals surface area contributed by atoms with Crippen LogP contribution in [0.5, 0.6) is 17.2 Å². The van der Waals surface area contributed by atoms with Crippen LogP contribution in [0.1, 0.15) is 22.8 Å². The molecule has 0 saturated heterocycles. The van der Waals surface area contributed by atoms with Gasteiger partial charge in [-0.15, -0.1) is 0 Å². The standard InChI is InChI=1S/C21H23NO6/c1-2-26-20-12-15(7-9-19(20)28-14-21(24)25)6-8-18(23)16-4-3-5-17(13-16)27-11-10-22/h3-9,12-13H,2,10-11,14,22H2,1H3,(H,24,25). The zero-order valence-electron chi connectivity index (χ0n) is 15.6. The Hall–Kier alpha value is -3.32. The minimum atomic E-state index is -1.07. The van der Waals surface area contributed by atoms with Crippen molar-refractivity contribution in [1.29, 1.82) is 0 Å². The highest BCUT2D eigenvalue weighted by Gasteiger charge is 2.08. The number of carbonyl (C=O) groups is 2. The summed E-state index contributed by atoms with van der Waals surface area (Å²) >= 11 is 0. The number of aliphatic carboxylic acids is 1. The maximum atomic E-state index is 12.4. The molecule has 0 amide bonds. The fraction of sp³-hybridized carbons (Fsp3) is 0.238. The van der Waals surface area contributed by atoms with Crippen molar-refractivity contribution in [3.05, 3.63) is 59.7 Å². The van der Waals surface area contributed by atoms with E-state index in [1.54, 1.807) is 48.5 Å². The van der Waals surface area contributed by atoms with Gasteiger partial charge < -0.3 is 25.1 Å². The van der Waals surface area contributed by atoms with Gasteiger partial charge >= 0.3 is 5.97 Å². The van der Waals surface area contributed by atoms with Crippen molar-refractivity contribution in [2.45, 2.75) is 6.92 Å². The van der Waals surface area contributed by atoms with Gasteiger partial charge in [-0.3, -0.25) is 4.79 Å². The van der Waals surface area contributed by atoms with Gasteiger partial charge in [0, 0.05) is 12.1 Å². The van der Waals surface area contributed by atoms with Crippen LogP contribution in [0.25, 0.3) is 6.08 Å². The second kappa shape index (κ2) is 10.7. The number of nitrogens with two attached hydrogens (primary N) is 1. The van der Waals surface area contributed by atoms with E-state index in [0.717, 1.165) is 5.56 Å². The predicted octanol–water partition coefficient (Wildman–Crippen LogP) is 2.78. The summed E-state index contributed by atoms with van der Waals surface area (Å²) in [6, 6.07) is 11.9. The highest BCUT2D eigenvalue weighted by atomic mass is 16.5. The Kier molecular flexibility index (Phi) is 8.05. The fourth-order valence-corrected chi connectivity index (χ4v) is 2.34. The minimum absolute atomic E-state index is 0.178. The summed E-state index contributed by atoms with van der Waals surface area (Å²) in [4.78, 5) is 23.1. The molecule has 0 aliphatic carbocycles. The van der Waals surface area contributed by atoms with Crippen LogP contribution < -0.4 is 19.9 Å². The van der Waals surface area contributed by atoms with Crippen LogP contribution in [-0.2, 0) is 4.79 Å². The first-order valence-corrected chi connectivity index (χ1v) is 8.80. The van der Waals surface area contributed by atoms with Gasteiger partial charge in [0.2, 0.25) is 0 Å². The second-order valence-electron chi connectivity index (χ2n) is 5.68. The molecule has 0 bridgehead atoms. The summed E-state index contributed by atoms with van der Waals surface area (Å²) in [5.74, 6) is 0.0772. The number of benzene rings is 2. The Morgan fingerprint density at radius 1 is 1.07 bits per heavy atom. The highest BCUT2D eigenvalue weighted by molar-refractivity contribution is 6.07. The zero-order valence-corrected chi connectivity index (χ0v) is 15.6. The molecular weight excluding hydrogens is 362 g/mol. The van der Waals surface area contributed by atoms with E-state index in [4.69, 9.17) is 25.1 Å². The Balaban J connectivity index is 2.13. The molecule has 0 heterocycles. The van der Waals surface area contributed by atoms with E-state index >= 15 is 0 Å². The van der Waals surface area contributed by atoms with E-state index < -0.39 is 12.6 Å². The maximum absolute atomic E-state index is 12.4. The van der Waals surface area contributed by atoms with Crippen LogP contribution in [0, 0.1) is 0 Å². The van der Waals surface area contributed by atoms with Gasteiger partial charge in [0.05, 0.1) is 6.61 Å². The molecule has 2 rings (SSSR count). The highest BCUT2D eigenvalue weighted by Crippen LogP contribution is 2.29. The molecule has 0 radical (unpaired) electrons. The number of rotatable bonds is 11. The van der Waals surface area contributed by atoms with Crippen LogP contribution >= 0.6 is 0 Å². The largest absolute Gasteiger partial charge is 0.492 e. The molecular formula is C21H23NO6. The summed E-state index contributed by atoms with van der Waals surface area (Å²) in [5.41, 5.74) is 6.63. The molecule has 0 aromatic heterocycles. The number of ketones is 1. The number of ether oxygens (including phenoxy) is 3. The third-order valence-electron chi connectivity index (χ3n) is 3.55. The molecule has 7 heteroatoms. The van der Waals surface area contributed by atoms with E-state index in [1.165, 1.54) is 6.08 Å². The fourth-order valence-electron chi connectivity index (χ4n) is 2.34. The molecule has 0 fully saturated rings. The summed E-state index contributed by atoms with van der Waals surface area (Å²) < 4.78 is 16.1. The van der Waals surface area contributed by atoms with Gasteiger partial charge in [-0.2, -0.15) is 0 Å². The number of hydrogen-bond acceptors (Lipinski definition) is 6. The van der Waals surface area contributed by atoms with Crippen molar-refractivity contribution in [2.24, 2.45) is 5.73 Å². The van der Waals surface area contributed by atoms with E-state index in [0.29, 0.717) is 42.6 Å².